The van der Waals surface area contributed by atoms with Gasteiger partial charge in [-0.05, 0) is 57.4 Å². The van der Waals surface area contributed by atoms with Gasteiger partial charge in [-0.3, -0.25) is 0 Å². The van der Waals surface area contributed by atoms with Gasteiger partial charge in [0.15, 0.2) is 0 Å². The van der Waals surface area contributed by atoms with Gasteiger partial charge in [0, 0.05) is 24.3 Å². The highest BCUT2D eigenvalue weighted by Gasteiger charge is 2.27. The lowest BCUT2D eigenvalue weighted by molar-refractivity contribution is 0.572. The number of hydrogen-bond acceptors (Lipinski definition) is 5. The van der Waals surface area contributed by atoms with E-state index in [0.29, 0.717) is 0 Å². The number of hydrogen-bond donors (Lipinski definition) is 0. The number of fused-ring (bicyclic) bond motifs is 1. The van der Waals surface area contributed by atoms with Gasteiger partial charge in [-0.2, -0.15) is 5.26 Å². The normalized spacial score (nSPS) is 17.7. The van der Waals surface area contributed by atoms with Crippen LogP contribution >= 0.6 is 11.3 Å². The summed E-state index contributed by atoms with van der Waals surface area (Å²) in [5.41, 5.74) is 7.37. The molecule has 0 N–H and O–H groups in total. The van der Waals surface area contributed by atoms with Crippen LogP contribution in [0.15, 0.2) is 5.51 Å². The third-order valence-corrected chi connectivity index (χ3v) is 6.39. The van der Waals surface area contributed by atoms with Crippen molar-refractivity contribution in [2.24, 2.45) is 0 Å². The second-order valence-electron chi connectivity index (χ2n) is 7.10. The zero-order chi connectivity index (χ0) is 17.2. The van der Waals surface area contributed by atoms with Crippen LogP contribution in [0, 0.1) is 18.3 Å². The zero-order valence-electron chi connectivity index (χ0n) is 14.8. The van der Waals surface area contributed by atoms with E-state index in [-0.39, 0.29) is 0 Å². The van der Waals surface area contributed by atoms with Gasteiger partial charge in [0.05, 0.1) is 16.1 Å². The summed E-state index contributed by atoms with van der Waals surface area (Å²) in [6.07, 6.45) is 9.37. The van der Waals surface area contributed by atoms with Crippen LogP contribution in [-0.2, 0) is 12.8 Å². The first-order chi connectivity index (χ1) is 12.3. The largest absolute Gasteiger partial charge is 0.355 e. The number of pyridine rings is 1. The van der Waals surface area contributed by atoms with Crippen molar-refractivity contribution >= 4 is 17.2 Å². The van der Waals surface area contributed by atoms with E-state index in [4.69, 9.17) is 4.98 Å². The fourth-order valence-corrected chi connectivity index (χ4v) is 5.02. The Hall–Kier alpha value is -1.93. The standard InChI is InChI=1S/C20H24N4S/c1-14-19(25-13-22-14)18-15-8-4-2-5-9-17(15)23-20(16(18)12-21)24-10-6-3-7-11-24/h13H,2-11H2,1H3. The summed E-state index contributed by atoms with van der Waals surface area (Å²) in [4.78, 5) is 13.0. The van der Waals surface area contributed by atoms with Crippen molar-refractivity contribution in [3.8, 4) is 16.5 Å². The molecule has 0 radical (unpaired) electrons. The fourth-order valence-electron chi connectivity index (χ4n) is 4.14. The van der Waals surface area contributed by atoms with Gasteiger partial charge in [-0.15, -0.1) is 11.3 Å². The van der Waals surface area contributed by atoms with Gasteiger partial charge >= 0.3 is 0 Å². The predicted molar refractivity (Wildman–Crippen MR) is 102 cm³/mol. The second-order valence-corrected chi connectivity index (χ2v) is 7.95. The van der Waals surface area contributed by atoms with Gasteiger partial charge in [-0.1, -0.05) is 6.42 Å². The lowest BCUT2D eigenvalue weighted by atomic mass is 9.94. The van der Waals surface area contributed by atoms with E-state index in [1.165, 1.54) is 49.8 Å². The highest BCUT2D eigenvalue weighted by molar-refractivity contribution is 7.13. The summed E-state index contributed by atoms with van der Waals surface area (Å²) in [5.74, 6) is 0.922. The smallest absolute Gasteiger partial charge is 0.147 e. The summed E-state index contributed by atoms with van der Waals surface area (Å²) in [5, 5.41) is 10.1. The molecule has 0 spiro atoms. The minimum atomic E-state index is 0.773. The molecule has 2 aromatic rings. The molecule has 4 nitrogen and oxygen atoms in total. The van der Waals surface area contributed by atoms with Gasteiger partial charge < -0.3 is 4.90 Å². The Morgan fingerprint density at radius 2 is 1.84 bits per heavy atom. The van der Waals surface area contributed by atoms with Crippen molar-refractivity contribution in [2.45, 2.75) is 58.3 Å². The molecule has 0 atom stereocenters. The van der Waals surface area contributed by atoms with E-state index >= 15 is 0 Å². The van der Waals surface area contributed by atoms with E-state index < -0.39 is 0 Å². The number of piperidine rings is 1. The van der Waals surface area contributed by atoms with Crippen LogP contribution in [0.2, 0.25) is 0 Å². The molecule has 3 heterocycles. The number of rotatable bonds is 2. The summed E-state index contributed by atoms with van der Waals surface area (Å²) in [6, 6.07) is 2.52. The average Bonchev–Trinajstić information content (AvgIpc) is 2.93. The molecule has 1 aliphatic carbocycles. The molecule has 0 unspecified atom stereocenters. The Balaban J connectivity index is 1.96. The number of nitriles is 1. The first-order valence-electron chi connectivity index (χ1n) is 9.41. The average molecular weight is 353 g/mol. The highest BCUT2D eigenvalue weighted by Crippen LogP contribution is 2.40. The zero-order valence-corrected chi connectivity index (χ0v) is 15.7. The molecule has 0 saturated carbocycles. The number of aromatic nitrogens is 2. The van der Waals surface area contributed by atoms with Gasteiger partial charge in [0.25, 0.3) is 0 Å². The lowest BCUT2D eigenvalue weighted by Gasteiger charge is -2.30. The molecule has 5 heteroatoms. The quantitative estimate of drug-likeness (QED) is 0.739. The summed E-state index contributed by atoms with van der Waals surface area (Å²) in [6.45, 7) is 4.08. The van der Waals surface area contributed by atoms with E-state index in [2.05, 4.69) is 22.9 Å². The number of aryl methyl sites for hydroxylation is 2. The molecular weight excluding hydrogens is 328 g/mol. The monoisotopic (exact) mass is 352 g/mol. The SMILES string of the molecule is Cc1ncsc1-c1c(C#N)c(N2CCCCC2)nc2c1CCCCC2. The Labute approximate surface area is 153 Å². The molecular formula is C20H24N4S. The summed E-state index contributed by atoms with van der Waals surface area (Å²) < 4.78 is 0. The van der Waals surface area contributed by atoms with Crippen LogP contribution in [-0.4, -0.2) is 23.1 Å². The third kappa shape index (κ3) is 3.04. The Kier molecular flexibility index (Phi) is 4.72. The summed E-state index contributed by atoms with van der Waals surface area (Å²) in [7, 11) is 0. The third-order valence-electron chi connectivity index (χ3n) is 5.44. The molecule has 4 rings (SSSR count). The van der Waals surface area contributed by atoms with Crippen LogP contribution in [0.4, 0.5) is 5.82 Å². The maximum absolute atomic E-state index is 10.1. The van der Waals surface area contributed by atoms with Crippen molar-refractivity contribution in [2.75, 3.05) is 18.0 Å². The second kappa shape index (κ2) is 7.13. The first kappa shape index (κ1) is 16.5. The molecule has 25 heavy (non-hydrogen) atoms. The van der Waals surface area contributed by atoms with Gasteiger partial charge in [0.2, 0.25) is 0 Å². The molecule has 2 aliphatic rings. The van der Waals surface area contributed by atoms with Gasteiger partial charge in [-0.25, -0.2) is 9.97 Å². The van der Waals surface area contributed by atoms with Gasteiger partial charge in [0.1, 0.15) is 17.5 Å². The Morgan fingerprint density at radius 1 is 1.08 bits per heavy atom. The van der Waals surface area contributed by atoms with E-state index in [1.807, 2.05) is 5.51 Å². The van der Waals surface area contributed by atoms with Crippen molar-refractivity contribution in [3.05, 3.63) is 28.0 Å². The molecule has 1 fully saturated rings. The number of thiazole rings is 1. The Bertz CT molecular complexity index is 812. The lowest BCUT2D eigenvalue weighted by Crippen LogP contribution is -2.31. The van der Waals surface area contributed by atoms with E-state index in [0.717, 1.165) is 53.4 Å². The molecule has 130 valence electrons. The van der Waals surface area contributed by atoms with Crippen LogP contribution in [0.1, 0.15) is 61.0 Å². The minimum Gasteiger partial charge on any atom is -0.355 e. The van der Waals surface area contributed by atoms with Crippen LogP contribution in [0.3, 0.4) is 0 Å². The maximum Gasteiger partial charge on any atom is 0.147 e. The minimum absolute atomic E-state index is 0.773. The molecule has 0 aromatic carbocycles. The van der Waals surface area contributed by atoms with Crippen LogP contribution < -0.4 is 4.90 Å². The van der Waals surface area contributed by atoms with Crippen molar-refractivity contribution in [1.82, 2.24) is 9.97 Å². The van der Waals surface area contributed by atoms with E-state index in [1.54, 1.807) is 11.3 Å². The van der Waals surface area contributed by atoms with Crippen LogP contribution in [0.25, 0.3) is 10.4 Å². The maximum atomic E-state index is 10.1. The molecule has 0 amide bonds. The topological polar surface area (TPSA) is 52.8 Å². The fraction of sp³-hybridized carbons (Fsp3) is 0.550. The van der Waals surface area contributed by atoms with Crippen molar-refractivity contribution < 1.29 is 0 Å². The van der Waals surface area contributed by atoms with Crippen molar-refractivity contribution in [3.63, 3.8) is 0 Å². The number of nitrogens with zero attached hydrogens (tertiary/aromatic N) is 4. The van der Waals surface area contributed by atoms with Crippen molar-refractivity contribution in [1.29, 1.82) is 5.26 Å². The molecule has 1 saturated heterocycles. The number of anilines is 1. The van der Waals surface area contributed by atoms with E-state index in [9.17, 15) is 5.26 Å². The molecule has 0 bridgehead atoms. The first-order valence-corrected chi connectivity index (χ1v) is 10.3. The Morgan fingerprint density at radius 3 is 2.56 bits per heavy atom. The highest BCUT2D eigenvalue weighted by atomic mass is 32.1. The predicted octanol–water partition coefficient (Wildman–Crippen LogP) is 4.64. The molecule has 2 aromatic heterocycles. The molecule has 1 aliphatic heterocycles. The summed E-state index contributed by atoms with van der Waals surface area (Å²) >= 11 is 1.66. The van der Waals surface area contributed by atoms with Crippen LogP contribution in [0.5, 0.6) is 0 Å².